The molecule has 2 N–H and O–H groups in total. The molecule has 4 aromatic rings. The molecule has 2 unspecified atom stereocenters. The molecule has 0 spiro atoms. The molecule has 0 aliphatic rings. The summed E-state index contributed by atoms with van der Waals surface area (Å²) in [6.07, 6.45) is -3.07. The summed E-state index contributed by atoms with van der Waals surface area (Å²) in [6.45, 7) is 3.32. The van der Waals surface area contributed by atoms with E-state index in [1.54, 1.807) is 26.1 Å². The molecule has 36 heavy (non-hydrogen) atoms. The number of aliphatic hydroxyl groups excluding tert-OH is 2. The summed E-state index contributed by atoms with van der Waals surface area (Å²) in [6, 6.07) is 25.1. The van der Waals surface area contributed by atoms with Crippen molar-refractivity contribution in [1.29, 1.82) is 0 Å². The predicted molar refractivity (Wildman–Crippen MR) is 130 cm³/mol. The monoisotopic (exact) mass is 672 g/mol. The van der Waals surface area contributed by atoms with Gasteiger partial charge in [-0.05, 0) is 38.0 Å². The molecule has 4 nitrogen and oxygen atoms in total. The predicted octanol–water partition coefficient (Wildman–Crippen LogP) is 6.43. The molecule has 1 aromatic heterocycles. The van der Waals surface area contributed by atoms with Crippen molar-refractivity contribution in [3.63, 3.8) is 0 Å². The third kappa shape index (κ3) is 8.35. The second-order valence-corrected chi connectivity index (χ2v) is 8.10. The van der Waals surface area contributed by atoms with Crippen LogP contribution in [-0.2, 0) is 26.3 Å². The number of nitrogens with zero attached hydrogens (tertiary/aromatic N) is 2. The van der Waals surface area contributed by atoms with Crippen LogP contribution in [0.15, 0.2) is 85.1 Å². The minimum atomic E-state index is -4.37. The molecule has 0 aliphatic heterocycles. The maximum Gasteiger partial charge on any atom is 0.416 e. The topological polar surface area (TPSA) is 66.2 Å². The van der Waals surface area contributed by atoms with Gasteiger partial charge >= 0.3 is 6.18 Å². The number of aromatic nitrogens is 2. The number of halogens is 3. The van der Waals surface area contributed by atoms with Gasteiger partial charge in [-0.15, -0.1) is 35.9 Å². The van der Waals surface area contributed by atoms with E-state index in [1.165, 1.54) is 12.1 Å². The molecule has 0 saturated heterocycles. The molecule has 0 aliphatic carbocycles. The minimum absolute atomic E-state index is 0. The van der Waals surface area contributed by atoms with Gasteiger partial charge in [-0.1, -0.05) is 42.5 Å². The van der Waals surface area contributed by atoms with Crippen LogP contribution in [0.3, 0.4) is 0 Å². The largest absolute Gasteiger partial charge is 0.416 e. The van der Waals surface area contributed by atoms with Gasteiger partial charge in [0, 0.05) is 37.6 Å². The van der Waals surface area contributed by atoms with Crippen molar-refractivity contribution < 1.29 is 43.5 Å². The van der Waals surface area contributed by atoms with Crippen molar-refractivity contribution in [3.05, 3.63) is 96.7 Å². The van der Waals surface area contributed by atoms with Crippen LogP contribution in [-0.4, -0.2) is 32.4 Å². The fourth-order valence-corrected chi connectivity index (χ4v) is 3.39. The molecule has 1 radical (unpaired) electrons. The van der Waals surface area contributed by atoms with Crippen LogP contribution >= 0.6 is 0 Å². The molecule has 4 rings (SSSR count). The van der Waals surface area contributed by atoms with Gasteiger partial charge < -0.3 is 15.2 Å². The molecular formula is C28H26F3IrN2O2-. The molecular weight excluding hydrogens is 646 g/mol. The zero-order chi connectivity index (χ0) is 25.4. The van der Waals surface area contributed by atoms with E-state index in [0.717, 1.165) is 23.3 Å². The average Bonchev–Trinajstić information content (AvgIpc) is 2.84. The zero-order valence-electron chi connectivity index (χ0n) is 19.7. The molecule has 0 bridgehead atoms. The second-order valence-electron chi connectivity index (χ2n) is 8.10. The Kier molecular flexibility index (Phi) is 10.9. The zero-order valence-corrected chi connectivity index (χ0v) is 22.1. The smallest absolute Gasteiger partial charge is 0.393 e. The van der Waals surface area contributed by atoms with Crippen LogP contribution < -0.4 is 0 Å². The number of aliphatic hydroxyl groups is 2. The van der Waals surface area contributed by atoms with Gasteiger partial charge in [0.2, 0.25) is 0 Å². The number of hydrogen-bond donors (Lipinski definition) is 2. The Bertz CT molecular complexity index is 1200. The van der Waals surface area contributed by atoms with Gasteiger partial charge in [-0.25, -0.2) is 0 Å². The fraction of sp³-hybridized carbons (Fsp3) is 0.214. The van der Waals surface area contributed by atoms with Gasteiger partial charge in [0.1, 0.15) is 0 Å². The van der Waals surface area contributed by atoms with Crippen molar-refractivity contribution in [1.82, 2.24) is 9.97 Å². The van der Waals surface area contributed by atoms with Gasteiger partial charge in [-0.2, -0.15) is 13.2 Å². The summed E-state index contributed by atoms with van der Waals surface area (Å²) in [5.41, 5.74) is 3.38. The molecule has 3 aromatic carbocycles. The van der Waals surface area contributed by atoms with Gasteiger partial charge in [0.15, 0.2) is 0 Å². The first-order chi connectivity index (χ1) is 16.6. The van der Waals surface area contributed by atoms with Crippen LogP contribution in [0.4, 0.5) is 13.2 Å². The standard InChI is InChI=1S/C23H14F3N2.C5H12O2.Ir/c24-23(25,26)19-13-11-16(12-14-19)20-15-27-21(17-7-3-1-4-8-17)22(28-20)18-9-5-2-6-10-18;1-4(6)3-5(2)7;/h1-7,9-15H;4-7H,3H2,1-2H3;/q-1;;. The maximum atomic E-state index is 12.8. The summed E-state index contributed by atoms with van der Waals surface area (Å²) < 4.78 is 38.5. The number of alkyl halides is 3. The first kappa shape index (κ1) is 29.3. The van der Waals surface area contributed by atoms with Crippen LogP contribution in [0.1, 0.15) is 25.8 Å². The van der Waals surface area contributed by atoms with Gasteiger partial charge in [0.05, 0.1) is 29.2 Å². The van der Waals surface area contributed by atoms with E-state index in [4.69, 9.17) is 15.2 Å². The summed E-state index contributed by atoms with van der Waals surface area (Å²) in [7, 11) is 0. The van der Waals surface area contributed by atoms with E-state index >= 15 is 0 Å². The normalized spacial score (nSPS) is 12.5. The molecule has 2 atom stereocenters. The molecule has 1 heterocycles. The van der Waals surface area contributed by atoms with Crippen molar-refractivity contribution in [2.24, 2.45) is 0 Å². The van der Waals surface area contributed by atoms with Crippen molar-refractivity contribution >= 4 is 0 Å². The minimum Gasteiger partial charge on any atom is -0.393 e. The Balaban J connectivity index is 0.000000503. The van der Waals surface area contributed by atoms with E-state index in [0.29, 0.717) is 29.1 Å². The van der Waals surface area contributed by atoms with Crippen LogP contribution in [0.5, 0.6) is 0 Å². The second kappa shape index (κ2) is 13.4. The maximum absolute atomic E-state index is 12.8. The van der Waals surface area contributed by atoms with Crippen LogP contribution in [0.25, 0.3) is 33.8 Å². The molecule has 8 heteroatoms. The third-order valence-electron chi connectivity index (χ3n) is 4.97. The van der Waals surface area contributed by atoms with Gasteiger partial charge in [0.25, 0.3) is 0 Å². The van der Waals surface area contributed by atoms with E-state index in [9.17, 15) is 13.2 Å². The summed E-state index contributed by atoms with van der Waals surface area (Å²) in [5.74, 6) is 0. The Labute approximate surface area is 222 Å². The van der Waals surface area contributed by atoms with Crippen molar-refractivity contribution in [2.75, 3.05) is 0 Å². The van der Waals surface area contributed by atoms with Crippen molar-refractivity contribution in [3.8, 4) is 33.8 Å². The Morgan fingerprint density at radius 1 is 0.806 bits per heavy atom. The fourth-order valence-electron chi connectivity index (χ4n) is 3.39. The quantitative estimate of drug-likeness (QED) is 0.240. The number of benzene rings is 3. The van der Waals surface area contributed by atoms with E-state index in [1.807, 2.05) is 48.5 Å². The Hall–Kier alpha value is -2.90. The summed E-state index contributed by atoms with van der Waals surface area (Å²) in [4.78, 5) is 9.27. The summed E-state index contributed by atoms with van der Waals surface area (Å²) in [5, 5.41) is 17.1. The molecule has 0 amide bonds. The Morgan fingerprint density at radius 3 is 1.92 bits per heavy atom. The van der Waals surface area contributed by atoms with Crippen LogP contribution in [0.2, 0.25) is 0 Å². The first-order valence-electron chi connectivity index (χ1n) is 11.1. The molecule has 0 saturated carbocycles. The Morgan fingerprint density at radius 2 is 1.42 bits per heavy atom. The average molecular weight is 672 g/mol. The first-order valence-corrected chi connectivity index (χ1v) is 11.1. The molecule has 0 fully saturated rings. The number of hydrogen-bond acceptors (Lipinski definition) is 4. The van der Waals surface area contributed by atoms with Crippen LogP contribution in [0, 0.1) is 6.07 Å². The molecule has 191 valence electrons. The SMILES string of the molecule is CC(O)CC(C)O.FC(F)(F)c1ccc(-c2cnc(-c3[c-]cccc3)c(-c3ccccc3)n2)cc1.[Ir]. The van der Waals surface area contributed by atoms with E-state index in [-0.39, 0.29) is 32.3 Å². The van der Waals surface area contributed by atoms with E-state index in [2.05, 4.69) is 11.1 Å². The van der Waals surface area contributed by atoms with E-state index < -0.39 is 11.7 Å². The summed E-state index contributed by atoms with van der Waals surface area (Å²) >= 11 is 0. The third-order valence-corrected chi connectivity index (χ3v) is 4.97. The number of rotatable bonds is 5. The van der Waals surface area contributed by atoms with Gasteiger partial charge in [-0.3, -0.25) is 4.98 Å². The van der Waals surface area contributed by atoms with Crippen molar-refractivity contribution in [2.45, 2.75) is 38.7 Å².